The molecule has 5 rings (SSSR count). The van der Waals surface area contributed by atoms with Crippen LogP contribution in [-0.2, 0) is 11.3 Å². The van der Waals surface area contributed by atoms with Gasteiger partial charge in [-0.05, 0) is 49.6 Å². The van der Waals surface area contributed by atoms with Crippen LogP contribution in [0.25, 0.3) is 0 Å². The van der Waals surface area contributed by atoms with Crippen molar-refractivity contribution < 1.29 is 19.4 Å². The van der Waals surface area contributed by atoms with E-state index < -0.39 is 23.0 Å². The molecule has 2 atom stereocenters. The van der Waals surface area contributed by atoms with Gasteiger partial charge in [-0.3, -0.25) is 9.59 Å². The molecule has 2 aliphatic rings. The van der Waals surface area contributed by atoms with Crippen molar-refractivity contribution in [1.29, 1.82) is 0 Å². The number of hydrogen-bond acceptors (Lipinski definition) is 5. The first-order valence-electron chi connectivity index (χ1n) is 11.0. The Balaban J connectivity index is 1.73. The number of rotatable bonds is 3. The Labute approximate surface area is 192 Å². The molecular weight excluding hydrogens is 416 g/mol. The van der Waals surface area contributed by atoms with Crippen LogP contribution < -0.4 is 15.8 Å². The normalized spacial score (nSPS) is 22.5. The number of carbonyl (C=O) groups excluding carboxylic acids is 2. The van der Waals surface area contributed by atoms with Gasteiger partial charge < -0.3 is 20.9 Å². The van der Waals surface area contributed by atoms with Crippen LogP contribution >= 0.6 is 0 Å². The van der Waals surface area contributed by atoms with Crippen molar-refractivity contribution in [2.45, 2.75) is 44.9 Å². The Bertz CT molecular complexity index is 1330. The van der Waals surface area contributed by atoms with Gasteiger partial charge in [0.25, 0.3) is 11.7 Å². The molecule has 1 aliphatic heterocycles. The standard InChI is InChI=1S/C27H26N2O4/c1-14(2)17-8-9-19-22(13-17)33-27(32)20-6-5-7-21(28)23(20)24(30)26(19,27)29-25(31)18-11-15(3)10-16(4)12-18/h5-14,32H,28H2,1-4H3,(H,29,31). The van der Waals surface area contributed by atoms with Crippen LogP contribution in [0.15, 0.2) is 54.6 Å². The number of aryl methyl sites for hydroxylation is 2. The number of benzene rings is 3. The molecular formula is C27H26N2O4. The van der Waals surface area contributed by atoms with E-state index in [0.717, 1.165) is 16.7 Å². The van der Waals surface area contributed by atoms with E-state index in [2.05, 4.69) is 5.32 Å². The molecule has 0 radical (unpaired) electrons. The second-order valence-corrected chi connectivity index (χ2v) is 9.34. The molecule has 0 saturated heterocycles. The van der Waals surface area contributed by atoms with E-state index in [0.29, 0.717) is 16.9 Å². The van der Waals surface area contributed by atoms with E-state index in [1.807, 2.05) is 45.9 Å². The Kier molecular flexibility index (Phi) is 4.45. The summed E-state index contributed by atoms with van der Waals surface area (Å²) in [6, 6.07) is 15.8. The van der Waals surface area contributed by atoms with E-state index in [-0.39, 0.29) is 22.7 Å². The first-order chi connectivity index (χ1) is 15.6. The van der Waals surface area contributed by atoms with Crippen molar-refractivity contribution in [1.82, 2.24) is 5.32 Å². The maximum Gasteiger partial charge on any atom is 0.271 e. The minimum Gasteiger partial charge on any atom is -0.454 e. The van der Waals surface area contributed by atoms with Crippen LogP contribution in [0, 0.1) is 13.8 Å². The second-order valence-electron chi connectivity index (χ2n) is 9.34. The van der Waals surface area contributed by atoms with E-state index in [1.165, 1.54) is 0 Å². The van der Waals surface area contributed by atoms with Gasteiger partial charge in [-0.25, -0.2) is 0 Å². The molecule has 2 unspecified atom stereocenters. The maximum atomic E-state index is 14.0. The average molecular weight is 443 g/mol. The largest absolute Gasteiger partial charge is 0.454 e. The molecule has 1 heterocycles. The molecule has 1 aliphatic carbocycles. The summed E-state index contributed by atoms with van der Waals surface area (Å²) >= 11 is 0. The molecule has 4 N–H and O–H groups in total. The van der Waals surface area contributed by atoms with Gasteiger partial charge in [0.05, 0.1) is 5.56 Å². The number of anilines is 1. The van der Waals surface area contributed by atoms with Crippen molar-refractivity contribution in [2.75, 3.05) is 5.73 Å². The monoisotopic (exact) mass is 442 g/mol. The number of fused-ring (bicyclic) bond motifs is 5. The lowest BCUT2D eigenvalue weighted by Gasteiger charge is -2.34. The van der Waals surface area contributed by atoms with Gasteiger partial charge in [0.2, 0.25) is 11.3 Å². The number of hydrogen-bond donors (Lipinski definition) is 3. The van der Waals surface area contributed by atoms with Gasteiger partial charge >= 0.3 is 0 Å². The molecule has 0 aromatic heterocycles. The fourth-order valence-electron chi connectivity index (χ4n) is 5.09. The summed E-state index contributed by atoms with van der Waals surface area (Å²) in [7, 11) is 0. The summed E-state index contributed by atoms with van der Waals surface area (Å²) < 4.78 is 6.11. The number of Topliss-reactive ketones (excluding diaryl/α,β-unsaturated/α-hetero) is 1. The van der Waals surface area contributed by atoms with Crippen LogP contribution in [0.5, 0.6) is 5.75 Å². The van der Waals surface area contributed by atoms with Crippen LogP contribution in [0.3, 0.4) is 0 Å². The van der Waals surface area contributed by atoms with Crippen molar-refractivity contribution in [3.8, 4) is 5.75 Å². The van der Waals surface area contributed by atoms with Crippen molar-refractivity contribution in [3.63, 3.8) is 0 Å². The molecule has 3 aromatic rings. The smallest absolute Gasteiger partial charge is 0.271 e. The zero-order chi connectivity index (χ0) is 23.7. The van der Waals surface area contributed by atoms with Gasteiger partial charge in [0, 0.05) is 22.4 Å². The minimum absolute atomic E-state index is 0.166. The third-order valence-electron chi connectivity index (χ3n) is 6.66. The van der Waals surface area contributed by atoms with Gasteiger partial charge in [0.1, 0.15) is 5.75 Å². The number of ether oxygens (including phenoxy) is 1. The second kappa shape index (κ2) is 6.93. The lowest BCUT2D eigenvalue weighted by molar-refractivity contribution is -0.169. The first kappa shape index (κ1) is 21.2. The molecule has 0 fully saturated rings. The Morgan fingerprint density at radius 3 is 2.39 bits per heavy atom. The highest BCUT2D eigenvalue weighted by Gasteiger charge is 2.72. The van der Waals surface area contributed by atoms with E-state index in [4.69, 9.17) is 10.5 Å². The average Bonchev–Trinajstić information content (AvgIpc) is 3.10. The van der Waals surface area contributed by atoms with Gasteiger partial charge in [-0.1, -0.05) is 55.3 Å². The lowest BCUT2D eigenvalue weighted by atomic mass is 9.82. The number of nitrogen functional groups attached to an aromatic ring is 1. The molecule has 0 spiro atoms. The quantitative estimate of drug-likeness (QED) is 0.531. The Hall–Kier alpha value is -3.64. The van der Waals surface area contributed by atoms with Crippen LogP contribution in [0.1, 0.15) is 68.3 Å². The van der Waals surface area contributed by atoms with Gasteiger partial charge in [-0.2, -0.15) is 0 Å². The predicted octanol–water partition coefficient (Wildman–Crippen LogP) is 4.07. The van der Waals surface area contributed by atoms with Crippen molar-refractivity contribution in [3.05, 3.63) is 93.5 Å². The molecule has 3 aromatic carbocycles. The number of amides is 1. The number of carbonyl (C=O) groups is 2. The van der Waals surface area contributed by atoms with E-state index >= 15 is 0 Å². The molecule has 6 nitrogen and oxygen atoms in total. The summed E-state index contributed by atoms with van der Waals surface area (Å²) in [6.45, 7) is 7.89. The zero-order valence-electron chi connectivity index (χ0n) is 19.0. The Morgan fingerprint density at radius 2 is 1.73 bits per heavy atom. The van der Waals surface area contributed by atoms with Gasteiger partial charge in [0.15, 0.2) is 0 Å². The van der Waals surface area contributed by atoms with Crippen molar-refractivity contribution in [2.24, 2.45) is 0 Å². The lowest BCUT2D eigenvalue weighted by Crippen LogP contribution is -2.60. The SMILES string of the molecule is Cc1cc(C)cc(C(=O)NC23C(=O)c4c(N)cccc4C2(O)Oc2cc(C(C)C)ccc23)c1. The minimum atomic E-state index is -2.12. The van der Waals surface area contributed by atoms with Gasteiger partial charge in [-0.15, -0.1) is 0 Å². The number of aliphatic hydroxyl groups is 1. The topological polar surface area (TPSA) is 102 Å². The molecule has 1 amide bonds. The maximum absolute atomic E-state index is 14.0. The fraction of sp³-hybridized carbons (Fsp3) is 0.259. The molecule has 6 heteroatoms. The summed E-state index contributed by atoms with van der Waals surface area (Å²) in [4.78, 5) is 27.5. The summed E-state index contributed by atoms with van der Waals surface area (Å²) in [6.07, 6.45) is 0. The first-order valence-corrected chi connectivity index (χ1v) is 11.0. The van der Waals surface area contributed by atoms with E-state index in [1.54, 1.807) is 36.4 Å². The molecule has 0 bridgehead atoms. The zero-order valence-corrected chi connectivity index (χ0v) is 19.0. The third-order valence-corrected chi connectivity index (χ3v) is 6.66. The predicted molar refractivity (Wildman–Crippen MR) is 125 cm³/mol. The highest BCUT2D eigenvalue weighted by molar-refractivity contribution is 6.16. The van der Waals surface area contributed by atoms with Crippen LogP contribution in [-0.4, -0.2) is 16.8 Å². The summed E-state index contributed by atoms with van der Waals surface area (Å²) in [5.41, 5.74) is 8.57. The summed E-state index contributed by atoms with van der Waals surface area (Å²) in [5, 5.41) is 14.8. The van der Waals surface area contributed by atoms with Crippen molar-refractivity contribution >= 4 is 17.4 Å². The number of nitrogens with one attached hydrogen (secondary N) is 1. The Morgan fingerprint density at radius 1 is 1.03 bits per heavy atom. The highest BCUT2D eigenvalue weighted by Crippen LogP contribution is 2.59. The van der Waals surface area contributed by atoms with E-state index in [9.17, 15) is 14.7 Å². The fourth-order valence-corrected chi connectivity index (χ4v) is 5.09. The molecule has 168 valence electrons. The number of nitrogens with two attached hydrogens (primary N) is 1. The summed E-state index contributed by atoms with van der Waals surface area (Å²) in [5.74, 6) is -2.52. The molecule has 33 heavy (non-hydrogen) atoms. The third kappa shape index (κ3) is 2.77. The van der Waals surface area contributed by atoms with Crippen LogP contribution in [0.2, 0.25) is 0 Å². The molecule has 0 saturated carbocycles. The number of ketones is 1. The van der Waals surface area contributed by atoms with Crippen LogP contribution in [0.4, 0.5) is 5.69 Å². The highest BCUT2D eigenvalue weighted by atomic mass is 16.6.